The minimum atomic E-state index is -0.389. The molecule has 0 atom stereocenters. The van der Waals surface area contributed by atoms with Crippen molar-refractivity contribution in [2.24, 2.45) is 0 Å². The number of hydrogen-bond acceptors (Lipinski definition) is 4. The maximum atomic E-state index is 6.35. The Morgan fingerprint density at radius 2 is 0.722 bits per heavy atom. The highest BCUT2D eigenvalue weighted by molar-refractivity contribution is 6.63. The monoisotopic (exact) mass is 480 g/mol. The molecular weight excluding hydrogens is 446 g/mol. The van der Waals surface area contributed by atoms with Gasteiger partial charge in [0.2, 0.25) is 0 Å². The molecule has 2 heterocycles. The maximum Gasteiger partial charge on any atom is 0.494 e. The smallest absolute Gasteiger partial charge is 0.399 e. The predicted octanol–water partition coefficient (Wildman–Crippen LogP) is 5.74. The third-order valence-electron chi connectivity index (χ3n) is 8.94. The van der Waals surface area contributed by atoms with E-state index in [-0.39, 0.29) is 36.6 Å². The molecule has 6 rings (SSSR count). The van der Waals surface area contributed by atoms with Crippen LogP contribution in [-0.2, 0) is 18.6 Å². The highest BCUT2D eigenvalue weighted by Gasteiger charge is 2.52. The summed E-state index contributed by atoms with van der Waals surface area (Å²) >= 11 is 0. The minimum absolute atomic E-state index is 0.373. The molecule has 6 heteroatoms. The molecule has 4 aromatic carbocycles. The molecule has 0 amide bonds. The fraction of sp³-hybridized carbons (Fsp3) is 0.400. The van der Waals surface area contributed by atoms with Gasteiger partial charge in [-0.15, -0.1) is 0 Å². The first-order valence-corrected chi connectivity index (χ1v) is 12.9. The summed E-state index contributed by atoms with van der Waals surface area (Å²) < 4.78 is 25.4. The van der Waals surface area contributed by atoms with Crippen LogP contribution in [0.25, 0.3) is 32.3 Å². The zero-order valence-corrected chi connectivity index (χ0v) is 22.6. The molecule has 2 saturated heterocycles. The topological polar surface area (TPSA) is 36.9 Å². The zero-order chi connectivity index (χ0) is 25.7. The average molecular weight is 480 g/mol. The molecule has 0 aromatic heterocycles. The van der Waals surface area contributed by atoms with Crippen molar-refractivity contribution in [3.63, 3.8) is 0 Å². The van der Waals surface area contributed by atoms with Gasteiger partial charge in [0.15, 0.2) is 0 Å². The summed E-state index contributed by atoms with van der Waals surface area (Å²) in [6, 6.07) is 21.8. The van der Waals surface area contributed by atoms with Crippen LogP contribution >= 0.6 is 0 Å². The van der Waals surface area contributed by atoms with Crippen LogP contribution in [0, 0.1) is 0 Å². The Morgan fingerprint density at radius 3 is 1.06 bits per heavy atom. The Hall–Kier alpha value is -2.37. The van der Waals surface area contributed by atoms with E-state index >= 15 is 0 Å². The second-order valence-corrected chi connectivity index (χ2v) is 12.3. The summed E-state index contributed by atoms with van der Waals surface area (Å²) in [5.74, 6) is 0. The molecule has 0 radical (unpaired) electrons. The highest BCUT2D eigenvalue weighted by atomic mass is 16.7. The summed E-state index contributed by atoms with van der Waals surface area (Å²) in [5.41, 5.74) is 0.590. The quantitative estimate of drug-likeness (QED) is 0.271. The van der Waals surface area contributed by atoms with E-state index < -0.39 is 0 Å². The lowest BCUT2D eigenvalue weighted by atomic mass is 9.76. The summed E-state index contributed by atoms with van der Waals surface area (Å²) in [5, 5.41) is 7.25. The molecular formula is C30H34B2O4. The van der Waals surface area contributed by atoms with Gasteiger partial charge in [0.05, 0.1) is 22.4 Å². The molecule has 2 aliphatic heterocycles. The van der Waals surface area contributed by atoms with Gasteiger partial charge >= 0.3 is 14.2 Å². The predicted molar refractivity (Wildman–Crippen MR) is 150 cm³/mol. The van der Waals surface area contributed by atoms with E-state index in [0.717, 1.165) is 10.9 Å². The summed E-state index contributed by atoms with van der Waals surface area (Å²) in [7, 11) is -0.779. The largest absolute Gasteiger partial charge is 0.494 e. The van der Waals surface area contributed by atoms with Crippen LogP contribution in [0.4, 0.5) is 0 Å². The van der Waals surface area contributed by atoms with Crippen molar-refractivity contribution in [3.05, 3.63) is 60.7 Å². The third kappa shape index (κ3) is 3.46. The highest BCUT2D eigenvalue weighted by Crippen LogP contribution is 2.39. The molecule has 2 fully saturated rings. The molecule has 0 saturated carbocycles. The fourth-order valence-electron chi connectivity index (χ4n) is 5.24. The first-order chi connectivity index (χ1) is 16.8. The Bertz CT molecular complexity index is 1360. The van der Waals surface area contributed by atoms with Gasteiger partial charge < -0.3 is 18.6 Å². The maximum absolute atomic E-state index is 6.35. The first kappa shape index (κ1) is 24.0. The molecule has 0 spiro atoms. The van der Waals surface area contributed by atoms with E-state index in [9.17, 15) is 0 Å². The van der Waals surface area contributed by atoms with Crippen LogP contribution in [0.5, 0.6) is 0 Å². The molecule has 4 nitrogen and oxygen atoms in total. The van der Waals surface area contributed by atoms with Crippen molar-refractivity contribution >= 4 is 57.5 Å². The molecule has 36 heavy (non-hydrogen) atoms. The van der Waals surface area contributed by atoms with E-state index in [2.05, 4.69) is 116 Å². The second kappa shape index (κ2) is 7.58. The van der Waals surface area contributed by atoms with Crippen molar-refractivity contribution in [1.82, 2.24) is 0 Å². The molecule has 4 aromatic rings. The normalized spacial score (nSPS) is 22.2. The standard InChI is InChI=1S/C30H34B2O4/c1-27(2)28(3,4)34-31(33-27)19-13-15-23-24-16-14-20(32-35-29(5,6)30(7,8)36-32)18-26(24)22-12-10-9-11-21(22)25(23)17-19/h9-18H,1-8H3. The van der Waals surface area contributed by atoms with Crippen LogP contribution in [0.2, 0.25) is 0 Å². The Morgan fingerprint density at radius 1 is 0.417 bits per heavy atom. The van der Waals surface area contributed by atoms with E-state index in [1.165, 1.54) is 32.3 Å². The number of hydrogen-bond donors (Lipinski definition) is 0. The van der Waals surface area contributed by atoms with Gasteiger partial charge in [-0.3, -0.25) is 0 Å². The lowest BCUT2D eigenvalue weighted by Crippen LogP contribution is -2.41. The second-order valence-electron chi connectivity index (χ2n) is 12.3. The summed E-state index contributed by atoms with van der Waals surface area (Å²) in [4.78, 5) is 0. The molecule has 0 bridgehead atoms. The zero-order valence-electron chi connectivity index (χ0n) is 22.6. The van der Waals surface area contributed by atoms with Crippen LogP contribution in [0.15, 0.2) is 60.7 Å². The van der Waals surface area contributed by atoms with Gasteiger partial charge in [-0.2, -0.15) is 0 Å². The van der Waals surface area contributed by atoms with E-state index in [1.807, 2.05) is 0 Å². The van der Waals surface area contributed by atoms with Gasteiger partial charge in [0.25, 0.3) is 0 Å². The number of benzene rings is 4. The van der Waals surface area contributed by atoms with E-state index in [4.69, 9.17) is 18.6 Å². The summed E-state index contributed by atoms with van der Waals surface area (Å²) in [6.45, 7) is 16.7. The van der Waals surface area contributed by atoms with Gasteiger partial charge in [0, 0.05) is 0 Å². The van der Waals surface area contributed by atoms with Crippen molar-refractivity contribution in [2.45, 2.75) is 77.8 Å². The number of fused-ring (bicyclic) bond motifs is 6. The first-order valence-electron chi connectivity index (χ1n) is 12.9. The average Bonchev–Trinajstić information content (AvgIpc) is 3.18. The van der Waals surface area contributed by atoms with E-state index in [0.29, 0.717) is 0 Å². The SMILES string of the molecule is CC1(C)OB(c2ccc3c4ccc(B5OC(C)(C)C(C)(C)O5)cc4c4ccccc4c3c2)OC1(C)C. The third-order valence-corrected chi connectivity index (χ3v) is 8.94. The molecule has 0 unspecified atom stereocenters. The van der Waals surface area contributed by atoms with Crippen molar-refractivity contribution < 1.29 is 18.6 Å². The van der Waals surface area contributed by atoms with Gasteiger partial charge in [0.1, 0.15) is 0 Å². The minimum Gasteiger partial charge on any atom is -0.399 e. The van der Waals surface area contributed by atoms with Crippen LogP contribution < -0.4 is 10.9 Å². The fourth-order valence-corrected chi connectivity index (χ4v) is 5.24. The molecule has 0 N–H and O–H groups in total. The van der Waals surface area contributed by atoms with Gasteiger partial charge in [-0.05, 0) is 98.6 Å². The van der Waals surface area contributed by atoms with Gasteiger partial charge in [-0.25, -0.2) is 0 Å². The molecule has 184 valence electrons. The van der Waals surface area contributed by atoms with Crippen molar-refractivity contribution in [2.75, 3.05) is 0 Å². The van der Waals surface area contributed by atoms with Crippen LogP contribution in [0.3, 0.4) is 0 Å². The van der Waals surface area contributed by atoms with Crippen molar-refractivity contribution in [3.8, 4) is 0 Å². The van der Waals surface area contributed by atoms with Gasteiger partial charge in [-0.1, -0.05) is 60.7 Å². The summed E-state index contributed by atoms with van der Waals surface area (Å²) in [6.07, 6.45) is 0. The Labute approximate surface area is 214 Å². The van der Waals surface area contributed by atoms with Crippen LogP contribution in [-0.4, -0.2) is 36.6 Å². The molecule has 2 aliphatic rings. The Balaban J connectivity index is 1.51. The Kier molecular flexibility index (Phi) is 5.05. The molecule has 0 aliphatic carbocycles. The van der Waals surface area contributed by atoms with E-state index in [1.54, 1.807) is 0 Å². The number of rotatable bonds is 2. The lowest BCUT2D eigenvalue weighted by molar-refractivity contribution is 0.00578. The van der Waals surface area contributed by atoms with Crippen molar-refractivity contribution in [1.29, 1.82) is 0 Å². The lowest BCUT2D eigenvalue weighted by Gasteiger charge is -2.32. The van der Waals surface area contributed by atoms with Crippen LogP contribution in [0.1, 0.15) is 55.4 Å².